The highest BCUT2D eigenvalue weighted by atomic mass is 19.1. The number of likely N-dealkylation sites (tertiary alicyclic amines) is 1. The highest BCUT2D eigenvalue weighted by molar-refractivity contribution is 5.95. The Morgan fingerprint density at radius 1 is 1.28 bits per heavy atom. The molecule has 0 aromatic heterocycles. The first-order valence-corrected chi connectivity index (χ1v) is 10.1. The van der Waals surface area contributed by atoms with Gasteiger partial charge < -0.3 is 20.6 Å². The van der Waals surface area contributed by atoms with Crippen LogP contribution < -0.4 is 10.6 Å². The van der Waals surface area contributed by atoms with Gasteiger partial charge in [-0.15, -0.1) is 0 Å². The van der Waals surface area contributed by atoms with Gasteiger partial charge >= 0.3 is 0 Å². The van der Waals surface area contributed by atoms with E-state index in [0.717, 1.165) is 25.7 Å². The Hall–Kier alpha value is -2.48. The molecule has 7 nitrogen and oxygen atoms in total. The number of benzene rings is 1. The third-order valence-corrected chi connectivity index (χ3v) is 6.55. The number of aliphatic hydroxyl groups excluding tert-OH is 1. The molecule has 3 N–H and O–H groups in total. The molecule has 1 spiro atoms. The molecule has 0 radical (unpaired) electrons. The first kappa shape index (κ1) is 19.8. The van der Waals surface area contributed by atoms with Gasteiger partial charge in [0, 0.05) is 48.6 Å². The number of carbonyl (C=O) groups excluding carboxylic acids is 3. The maximum atomic E-state index is 13.8. The highest BCUT2D eigenvalue weighted by Gasteiger charge is 2.47. The van der Waals surface area contributed by atoms with Crippen LogP contribution in [0.5, 0.6) is 0 Å². The lowest BCUT2D eigenvalue weighted by Crippen LogP contribution is -2.60. The zero-order valence-electron chi connectivity index (χ0n) is 16.2. The number of aliphatic hydroxyl groups is 1. The summed E-state index contributed by atoms with van der Waals surface area (Å²) in [6, 6.07) is 4.30. The topological polar surface area (TPSA) is 98.7 Å². The van der Waals surface area contributed by atoms with E-state index in [0.29, 0.717) is 25.2 Å². The molecule has 4 rings (SSSR count). The molecule has 1 atom stereocenters. The predicted octanol–water partition coefficient (Wildman–Crippen LogP) is 0.955. The molecular formula is C21H26FN3O4. The van der Waals surface area contributed by atoms with Crippen molar-refractivity contribution >= 4 is 17.7 Å². The molecule has 3 aliphatic rings. The second-order valence-electron chi connectivity index (χ2n) is 8.61. The Balaban J connectivity index is 1.26. The Labute approximate surface area is 168 Å². The molecule has 29 heavy (non-hydrogen) atoms. The van der Waals surface area contributed by atoms with E-state index in [2.05, 4.69) is 10.6 Å². The van der Waals surface area contributed by atoms with E-state index >= 15 is 0 Å². The molecule has 2 saturated heterocycles. The van der Waals surface area contributed by atoms with Crippen LogP contribution in [0, 0.1) is 17.2 Å². The van der Waals surface area contributed by atoms with Crippen LogP contribution >= 0.6 is 0 Å². The Bertz CT molecular complexity index is 827. The second kappa shape index (κ2) is 7.74. The quantitative estimate of drug-likeness (QED) is 0.697. The first-order chi connectivity index (χ1) is 13.9. The Kier molecular flexibility index (Phi) is 5.29. The number of hydrogen-bond acceptors (Lipinski definition) is 4. The fourth-order valence-corrected chi connectivity index (χ4v) is 4.70. The van der Waals surface area contributed by atoms with Crippen LogP contribution in [0.3, 0.4) is 0 Å². The lowest BCUT2D eigenvalue weighted by atomic mass is 9.67. The number of amides is 3. The largest absolute Gasteiger partial charge is 0.392 e. The number of hydrogen-bond donors (Lipinski definition) is 3. The Morgan fingerprint density at radius 2 is 2.00 bits per heavy atom. The molecule has 156 valence electrons. The summed E-state index contributed by atoms with van der Waals surface area (Å²) in [5, 5.41) is 14.8. The van der Waals surface area contributed by atoms with Crippen LogP contribution in [0.15, 0.2) is 18.2 Å². The van der Waals surface area contributed by atoms with Gasteiger partial charge in [0.05, 0.1) is 12.5 Å². The maximum absolute atomic E-state index is 13.8. The van der Waals surface area contributed by atoms with E-state index in [9.17, 15) is 18.8 Å². The van der Waals surface area contributed by atoms with E-state index < -0.39 is 12.4 Å². The second-order valence-corrected chi connectivity index (χ2v) is 8.61. The summed E-state index contributed by atoms with van der Waals surface area (Å²) in [6.45, 7) is 1.32. The van der Waals surface area contributed by atoms with Gasteiger partial charge in [-0.25, -0.2) is 4.39 Å². The standard InChI is InChI=1S/C21H26FN3O4/c22-17-7-13(1-2-14(17)10-26)20(29)25-11-21(12-25)5-3-16(4-6-21)24-19(28)15-8-18(27)23-9-15/h1-2,7,15-16,26H,3-6,8-12H2,(H,23,27)(H,24,28). The van der Waals surface area contributed by atoms with E-state index in [1.807, 2.05) is 0 Å². The van der Waals surface area contributed by atoms with Gasteiger partial charge in [0.2, 0.25) is 11.8 Å². The molecular weight excluding hydrogens is 377 g/mol. The fraction of sp³-hybridized carbons (Fsp3) is 0.571. The zero-order chi connectivity index (χ0) is 20.6. The average Bonchev–Trinajstić information content (AvgIpc) is 3.13. The van der Waals surface area contributed by atoms with E-state index in [4.69, 9.17) is 5.11 Å². The summed E-state index contributed by atoms with van der Waals surface area (Å²) >= 11 is 0. The van der Waals surface area contributed by atoms with Crippen molar-refractivity contribution in [2.24, 2.45) is 11.3 Å². The molecule has 3 fully saturated rings. The van der Waals surface area contributed by atoms with Crippen molar-refractivity contribution in [2.45, 2.75) is 44.8 Å². The van der Waals surface area contributed by atoms with Crippen molar-refractivity contribution in [1.29, 1.82) is 0 Å². The van der Waals surface area contributed by atoms with Crippen molar-refractivity contribution in [3.05, 3.63) is 35.1 Å². The first-order valence-electron chi connectivity index (χ1n) is 10.1. The molecule has 0 bridgehead atoms. The van der Waals surface area contributed by atoms with Crippen molar-refractivity contribution in [3.8, 4) is 0 Å². The molecule has 1 unspecified atom stereocenters. The van der Waals surface area contributed by atoms with Crippen molar-refractivity contribution in [1.82, 2.24) is 15.5 Å². The lowest BCUT2D eigenvalue weighted by Gasteiger charge is -2.53. The SMILES string of the molecule is O=C1CC(C(=O)NC2CCC3(CC2)CN(C(=O)c2ccc(CO)c(F)c2)C3)CN1. The smallest absolute Gasteiger partial charge is 0.253 e. The van der Waals surface area contributed by atoms with Gasteiger partial charge in [-0.2, -0.15) is 0 Å². The summed E-state index contributed by atoms with van der Waals surface area (Å²) in [5.74, 6) is -1.15. The normalized spacial score (nSPS) is 23.6. The number of rotatable bonds is 4. The fourth-order valence-electron chi connectivity index (χ4n) is 4.70. The van der Waals surface area contributed by atoms with Gasteiger partial charge in [0.15, 0.2) is 0 Å². The number of nitrogens with one attached hydrogen (secondary N) is 2. The van der Waals surface area contributed by atoms with Crippen molar-refractivity contribution in [3.63, 3.8) is 0 Å². The third kappa shape index (κ3) is 3.99. The predicted molar refractivity (Wildman–Crippen MR) is 102 cm³/mol. The van der Waals surface area contributed by atoms with Gasteiger partial charge in [-0.05, 0) is 37.8 Å². The van der Waals surface area contributed by atoms with E-state index in [1.165, 1.54) is 12.1 Å². The summed E-state index contributed by atoms with van der Waals surface area (Å²) in [5.41, 5.74) is 0.570. The highest BCUT2D eigenvalue weighted by Crippen LogP contribution is 2.44. The van der Waals surface area contributed by atoms with Crippen LogP contribution in [-0.4, -0.2) is 53.4 Å². The summed E-state index contributed by atoms with van der Waals surface area (Å²) in [7, 11) is 0. The zero-order valence-corrected chi connectivity index (χ0v) is 16.2. The van der Waals surface area contributed by atoms with Gasteiger partial charge in [-0.1, -0.05) is 6.07 Å². The molecule has 2 heterocycles. The minimum Gasteiger partial charge on any atom is -0.392 e. The molecule has 2 aliphatic heterocycles. The average molecular weight is 403 g/mol. The van der Waals surface area contributed by atoms with Crippen LogP contribution in [0.1, 0.15) is 48.0 Å². The summed E-state index contributed by atoms with van der Waals surface area (Å²) < 4.78 is 13.8. The van der Waals surface area contributed by atoms with Crippen LogP contribution in [-0.2, 0) is 16.2 Å². The van der Waals surface area contributed by atoms with E-state index in [-0.39, 0.29) is 47.1 Å². The summed E-state index contributed by atoms with van der Waals surface area (Å²) in [4.78, 5) is 37.9. The molecule has 3 amide bonds. The Morgan fingerprint density at radius 3 is 2.59 bits per heavy atom. The molecule has 8 heteroatoms. The van der Waals surface area contributed by atoms with Gasteiger partial charge in [0.25, 0.3) is 5.91 Å². The van der Waals surface area contributed by atoms with Crippen molar-refractivity contribution in [2.75, 3.05) is 19.6 Å². The van der Waals surface area contributed by atoms with Crippen molar-refractivity contribution < 1.29 is 23.9 Å². The van der Waals surface area contributed by atoms with Gasteiger partial charge in [0.1, 0.15) is 5.82 Å². The molecule has 1 aromatic carbocycles. The maximum Gasteiger partial charge on any atom is 0.253 e. The monoisotopic (exact) mass is 403 g/mol. The van der Waals surface area contributed by atoms with E-state index in [1.54, 1.807) is 11.0 Å². The summed E-state index contributed by atoms with van der Waals surface area (Å²) in [6.07, 6.45) is 3.85. The number of nitrogens with zero attached hydrogens (tertiary/aromatic N) is 1. The number of halogens is 1. The lowest BCUT2D eigenvalue weighted by molar-refractivity contribution is -0.127. The number of carbonyl (C=O) groups is 3. The van der Waals surface area contributed by atoms with Gasteiger partial charge in [-0.3, -0.25) is 14.4 Å². The minimum atomic E-state index is -0.566. The minimum absolute atomic E-state index is 0.0527. The molecule has 1 aromatic rings. The van der Waals surface area contributed by atoms with Crippen LogP contribution in [0.2, 0.25) is 0 Å². The van der Waals surface area contributed by atoms with Crippen LogP contribution in [0.25, 0.3) is 0 Å². The molecule has 1 aliphatic carbocycles. The van der Waals surface area contributed by atoms with Crippen LogP contribution in [0.4, 0.5) is 4.39 Å². The molecule has 1 saturated carbocycles. The third-order valence-electron chi connectivity index (χ3n) is 6.55.